The highest BCUT2D eigenvalue weighted by atomic mass is 35.5. The normalized spacial score (nSPS) is 35.8. The maximum Gasteiger partial charge on any atom is 0.251 e. The van der Waals surface area contributed by atoms with Crippen molar-refractivity contribution < 1.29 is 9.53 Å². The smallest absolute Gasteiger partial charge is 0.251 e. The van der Waals surface area contributed by atoms with E-state index in [4.69, 9.17) is 4.74 Å². The zero-order valence-corrected chi connectivity index (χ0v) is 11.6. The van der Waals surface area contributed by atoms with E-state index in [9.17, 15) is 4.79 Å². The predicted molar refractivity (Wildman–Crippen MR) is 72.0 cm³/mol. The summed E-state index contributed by atoms with van der Waals surface area (Å²) in [7, 11) is 0. The zero-order chi connectivity index (χ0) is 11.7. The van der Waals surface area contributed by atoms with E-state index in [1.165, 1.54) is 12.8 Å². The molecule has 1 amide bonds. The Morgan fingerprint density at radius 2 is 1.94 bits per heavy atom. The second kappa shape index (κ2) is 6.22. The number of hydrogen-bond donors (Lipinski definition) is 1. The van der Waals surface area contributed by atoms with Gasteiger partial charge in [-0.2, -0.15) is 0 Å². The molecular weight excluding hydrogens is 252 g/mol. The third-order valence-corrected chi connectivity index (χ3v) is 4.29. The molecule has 3 rings (SSSR count). The lowest BCUT2D eigenvalue weighted by atomic mass is 10.1. The molecule has 2 bridgehead atoms. The number of rotatable bonds is 1. The number of fused-ring (bicyclic) bond motifs is 2. The van der Waals surface area contributed by atoms with E-state index >= 15 is 0 Å². The van der Waals surface area contributed by atoms with Gasteiger partial charge in [-0.3, -0.25) is 4.79 Å². The third-order valence-electron chi connectivity index (χ3n) is 4.29. The van der Waals surface area contributed by atoms with Crippen molar-refractivity contribution in [3.05, 3.63) is 0 Å². The van der Waals surface area contributed by atoms with Gasteiger partial charge in [0, 0.05) is 31.8 Å². The number of amides is 1. The van der Waals surface area contributed by atoms with Crippen LogP contribution in [0.2, 0.25) is 0 Å². The van der Waals surface area contributed by atoms with Crippen LogP contribution in [0, 0.1) is 0 Å². The summed E-state index contributed by atoms with van der Waals surface area (Å²) in [5, 5.41) is 3.61. The first kappa shape index (κ1) is 14.1. The average molecular weight is 275 g/mol. The zero-order valence-electron chi connectivity index (χ0n) is 10.8. The Balaban J connectivity index is 0.00000120. The Morgan fingerprint density at radius 3 is 2.72 bits per heavy atom. The summed E-state index contributed by atoms with van der Waals surface area (Å²) in [6.07, 6.45) is 6.61. The van der Waals surface area contributed by atoms with Crippen LogP contribution in [0.1, 0.15) is 38.5 Å². The number of carbonyl (C=O) groups excluding carboxylic acids is 1. The average Bonchev–Trinajstić information content (AvgIpc) is 2.69. The lowest BCUT2D eigenvalue weighted by Crippen LogP contribution is -2.45. The predicted octanol–water partition coefficient (Wildman–Crippen LogP) is 1.33. The topological polar surface area (TPSA) is 41.6 Å². The minimum absolute atomic E-state index is 0. The molecule has 3 aliphatic rings. The van der Waals surface area contributed by atoms with Gasteiger partial charge in [-0.15, -0.1) is 12.4 Å². The van der Waals surface area contributed by atoms with Gasteiger partial charge in [-0.05, 0) is 38.5 Å². The minimum Gasteiger partial charge on any atom is -0.368 e. The summed E-state index contributed by atoms with van der Waals surface area (Å²) in [4.78, 5) is 14.4. The Hall–Kier alpha value is -0.320. The Morgan fingerprint density at radius 1 is 1.11 bits per heavy atom. The number of likely N-dealkylation sites (tertiary alicyclic amines) is 1. The highest BCUT2D eigenvalue weighted by Gasteiger charge is 2.34. The van der Waals surface area contributed by atoms with Gasteiger partial charge in [0.05, 0.1) is 0 Å². The van der Waals surface area contributed by atoms with E-state index in [0.717, 1.165) is 45.4 Å². The maximum absolute atomic E-state index is 12.4. The molecule has 18 heavy (non-hydrogen) atoms. The van der Waals surface area contributed by atoms with Gasteiger partial charge < -0.3 is 15.0 Å². The third kappa shape index (κ3) is 2.98. The number of nitrogens with one attached hydrogen (secondary N) is 1. The second-order valence-electron chi connectivity index (χ2n) is 5.57. The summed E-state index contributed by atoms with van der Waals surface area (Å²) in [5.74, 6) is 0.235. The molecule has 3 saturated heterocycles. The quantitative estimate of drug-likeness (QED) is 0.784. The number of ether oxygens (including phenoxy) is 1. The van der Waals surface area contributed by atoms with E-state index in [1.807, 2.05) is 4.90 Å². The van der Waals surface area contributed by atoms with Gasteiger partial charge in [-0.25, -0.2) is 0 Å². The van der Waals surface area contributed by atoms with Crippen LogP contribution in [0.3, 0.4) is 0 Å². The fourth-order valence-corrected chi connectivity index (χ4v) is 3.28. The van der Waals surface area contributed by atoms with Crippen molar-refractivity contribution in [2.24, 2.45) is 0 Å². The molecule has 3 aliphatic heterocycles. The molecule has 0 saturated carbocycles. The molecule has 3 fully saturated rings. The van der Waals surface area contributed by atoms with E-state index in [2.05, 4.69) is 5.32 Å². The van der Waals surface area contributed by atoms with E-state index in [0.29, 0.717) is 12.1 Å². The van der Waals surface area contributed by atoms with Crippen molar-refractivity contribution >= 4 is 18.3 Å². The van der Waals surface area contributed by atoms with Gasteiger partial charge in [0.25, 0.3) is 5.91 Å². The Labute approximate surface area is 115 Å². The van der Waals surface area contributed by atoms with Crippen molar-refractivity contribution in [1.29, 1.82) is 0 Å². The van der Waals surface area contributed by atoms with Crippen LogP contribution in [-0.4, -0.2) is 48.7 Å². The van der Waals surface area contributed by atoms with Crippen LogP contribution < -0.4 is 5.32 Å². The summed E-state index contributed by atoms with van der Waals surface area (Å²) >= 11 is 0. The second-order valence-corrected chi connectivity index (χ2v) is 5.57. The van der Waals surface area contributed by atoms with Gasteiger partial charge >= 0.3 is 0 Å². The molecular formula is C13H23ClN2O2. The molecule has 1 N–H and O–H groups in total. The van der Waals surface area contributed by atoms with Gasteiger partial charge in [0.1, 0.15) is 6.10 Å². The van der Waals surface area contributed by atoms with Crippen LogP contribution in [0.15, 0.2) is 0 Å². The summed E-state index contributed by atoms with van der Waals surface area (Å²) in [5.41, 5.74) is 0. The van der Waals surface area contributed by atoms with Crippen molar-refractivity contribution in [3.8, 4) is 0 Å². The lowest BCUT2D eigenvalue weighted by molar-refractivity contribution is -0.146. The van der Waals surface area contributed by atoms with Crippen molar-refractivity contribution in [1.82, 2.24) is 10.2 Å². The van der Waals surface area contributed by atoms with Crippen molar-refractivity contribution in [2.75, 3.05) is 19.7 Å². The van der Waals surface area contributed by atoms with Crippen LogP contribution in [-0.2, 0) is 9.53 Å². The van der Waals surface area contributed by atoms with Crippen molar-refractivity contribution in [3.63, 3.8) is 0 Å². The summed E-state index contributed by atoms with van der Waals surface area (Å²) in [6.45, 7) is 2.55. The van der Waals surface area contributed by atoms with Crippen molar-refractivity contribution in [2.45, 2.75) is 56.7 Å². The number of hydrogen-bond acceptors (Lipinski definition) is 3. The van der Waals surface area contributed by atoms with Gasteiger partial charge in [-0.1, -0.05) is 0 Å². The number of halogens is 1. The van der Waals surface area contributed by atoms with Crippen LogP contribution in [0.4, 0.5) is 0 Å². The Kier molecular flexibility index (Phi) is 4.87. The number of carbonyl (C=O) groups is 1. The molecule has 3 unspecified atom stereocenters. The first-order valence-corrected chi connectivity index (χ1v) is 6.99. The first-order chi connectivity index (χ1) is 8.33. The van der Waals surface area contributed by atoms with Crippen LogP contribution in [0.25, 0.3) is 0 Å². The molecule has 0 radical (unpaired) electrons. The largest absolute Gasteiger partial charge is 0.368 e. The molecule has 0 aliphatic carbocycles. The molecule has 3 atom stereocenters. The lowest BCUT2D eigenvalue weighted by Gasteiger charge is -2.30. The fraction of sp³-hybridized carbons (Fsp3) is 0.923. The highest BCUT2D eigenvalue weighted by molar-refractivity contribution is 5.85. The monoisotopic (exact) mass is 274 g/mol. The molecule has 5 heteroatoms. The SMILES string of the molecule is Cl.O=C(C1CCCCO1)N1CCC2CCC(C1)N2. The highest BCUT2D eigenvalue weighted by Crippen LogP contribution is 2.22. The minimum atomic E-state index is -0.152. The standard InChI is InChI=1S/C13H22N2O2.ClH/c16-13(12-3-1-2-8-17-12)15-7-6-10-4-5-11(9-15)14-10;/h10-12,14H,1-9H2;1H. The molecule has 0 aromatic heterocycles. The van der Waals surface area contributed by atoms with Crippen LogP contribution >= 0.6 is 12.4 Å². The summed E-state index contributed by atoms with van der Waals surface area (Å²) in [6, 6.07) is 1.17. The van der Waals surface area contributed by atoms with Gasteiger partial charge in [0.15, 0.2) is 0 Å². The van der Waals surface area contributed by atoms with Crippen LogP contribution in [0.5, 0.6) is 0 Å². The molecule has 3 heterocycles. The molecule has 104 valence electrons. The Bertz CT molecular complexity index is 295. The van der Waals surface area contributed by atoms with E-state index < -0.39 is 0 Å². The van der Waals surface area contributed by atoms with E-state index in [-0.39, 0.29) is 24.4 Å². The molecule has 0 aromatic rings. The summed E-state index contributed by atoms with van der Waals surface area (Å²) < 4.78 is 5.60. The number of nitrogens with zero attached hydrogens (tertiary/aromatic N) is 1. The van der Waals surface area contributed by atoms with E-state index in [1.54, 1.807) is 0 Å². The maximum atomic E-state index is 12.4. The molecule has 0 spiro atoms. The first-order valence-electron chi connectivity index (χ1n) is 6.99. The fourth-order valence-electron chi connectivity index (χ4n) is 3.28. The molecule has 4 nitrogen and oxygen atoms in total. The molecule has 0 aromatic carbocycles. The van der Waals surface area contributed by atoms with Gasteiger partial charge in [0.2, 0.25) is 0 Å².